The summed E-state index contributed by atoms with van der Waals surface area (Å²) in [5, 5.41) is 10.7. The van der Waals surface area contributed by atoms with Crippen LogP contribution in [0.1, 0.15) is 21.9 Å². The second kappa shape index (κ2) is 8.09. The second-order valence-electron chi connectivity index (χ2n) is 6.50. The van der Waals surface area contributed by atoms with Gasteiger partial charge in [-0.05, 0) is 29.8 Å². The molecule has 148 valence electrons. The average molecular weight is 394 g/mol. The Morgan fingerprint density at radius 3 is 2.86 bits per heavy atom. The van der Waals surface area contributed by atoms with Gasteiger partial charge in [0.15, 0.2) is 5.69 Å². The van der Waals surface area contributed by atoms with Gasteiger partial charge >= 0.3 is 0 Å². The number of nitrogens with zero attached hydrogens (tertiary/aromatic N) is 4. The molecule has 4 rings (SSSR count). The van der Waals surface area contributed by atoms with Crippen molar-refractivity contribution in [3.05, 3.63) is 71.6 Å². The van der Waals surface area contributed by atoms with E-state index in [4.69, 9.17) is 4.74 Å². The van der Waals surface area contributed by atoms with Crippen LogP contribution in [0.5, 0.6) is 5.75 Å². The highest BCUT2D eigenvalue weighted by molar-refractivity contribution is 5.91. The molecule has 2 aromatic heterocycles. The highest BCUT2D eigenvalue weighted by Crippen LogP contribution is 2.18. The normalized spacial score (nSPS) is 11.0. The smallest absolute Gasteiger partial charge is 0.273 e. The van der Waals surface area contributed by atoms with E-state index in [1.54, 1.807) is 25.4 Å². The molecule has 0 aliphatic rings. The van der Waals surface area contributed by atoms with E-state index >= 15 is 0 Å². The highest BCUT2D eigenvalue weighted by Gasteiger charge is 2.11. The Kier molecular flexibility index (Phi) is 5.19. The molecular formula is C20H19FN6O2. The van der Waals surface area contributed by atoms with Crippen molar-refractivity contribution in [2.24, 2.45) is 0 Å². The first-order valence-corrected chi connectivity index (χ1v) is 9.06. The zero-order chi connectivity index (χ0) is 20.2. The van der Waals surface area contributed by atoms with Gasteiger partial charge in [0.1, 0.15) is 17.4 Å². The number of fused-ring (bicyclic) bond motifs is 1. The molecule has 0 unspecified atom stereocenters. The van der Waals surface area contributed by atoms with Crippen LogP contribution < -0.4 is 10.1 Å². The fraction of sp³-hybridized carbons (Fsp3) is 0.200. The molecule has 2 N–H and O–H groups in total. The number of carbonyl (C=O) groups is 1. The van der Waals surface area contributed by atoms with Crippen LogP contribution in [-0.4, -0.2) is 44.5 Å². The molecule has 0 spiro atoms. The van der Waals surface area contributed by atoms with E-state index in [-0.39, 0.29) is 17.4 Å². The van der Waals surface area contributed by atoms with Crippen LogP contribution in [0.15, 0.2) is 48.7 Å². The summed E-state index contributed by atoms with van der Waals surface area (Å²) in [5.74, 6) is 0.919. The highest BCUT2D eigenvalue weighted by atomic mass is 19.1. The standard InChI is InChI=1S/C20H19FN6O2/c1-29-15-6-7-16-17(10-15)24-19(23-16)8-9-22-20(28)18-12-27(26-25-18)11-13-2-4-14(21)5-3-13/h2-7,10,12H,8-9,11H2,1H3,(H,22,28)(H,23,24). The summed E-state index contributed by atoms with van der Waals surface area (Å²) in [7, 11) is 1.61. The van der Waals surface area contributed by atoms with Crippen LogP contribution in [0.2, 0.25) is 0 Å². The number of amides is 1. The van der Waals surface area contributed by atoms with Gasteiger partial charge in [-0.3, -0.25) is 4.79 Å². The van der Waals surface area contributed by atoms with E-state index in [1.807, 2.05) is 18.2 Å². The van der Waals surface area contributed by atoms with Gasteiger partial charge < -0.3 is 15.0 Å². The summed E-state index contributed by atoms with van der Waals surface area (Å²) in [5.41, 5.74) is 2.82. The SMILES string of the molecule is COc1ccc2nc(CCNC(=O)c3cn(Cc4ccc(F)cc4)nn3)[nH]c2c1. The van der Waals surface area contributed by atoms with Crippen LogP contribution in [-0.2, 0) is 13.0 Å². The Bertz CT molecular complexity index is 1140. The number of rotatable bonds is 7. The van der Waals surface area contributed by atoms with Crippen molar-refractivity contribution in [1.29, 1.82) is 0 Å². The van der Waals surface area contributed by atoms with E-state index in [1.165, 1.54) is 16.8 Å². The molecular weight excluding hydrogens is 375 g/mol. The minimum atomic E-state index is -0.312. The first-order chi connectivity index (χ1) is 14.1. The van der Waals surface area contributed by atoms with Gasteiger partial charge in [-0.25, -0.2) is 14.1 Å². The average Bonchev–Trinajstić information content (AvgIpc) is 3.35. The number of methoxy groups -OCH3 is 1. The van der Waals surface area contributed by atoms with Crippen molar-refractivity contribution in [2.45, 2.75) is 13.0 Å². The quantitative estimate of drug-likeness (QED) is 0.501. The monoisotopic (exact) mass is 394 g/mol. The number of aromatic amines is 1. The lowest BCUT2D eigenvalue weighted by Gasteiger charge is -2.01. The van der Waals surface area contributed by atoms with Gasteiger partial charge in [-0.2, -0.15) is 0 Å². The maximum absolute atomic E-state index is 13.0. The first-order valence-electron chi connectivity index (χ1n) is 9.06. The van der Waals surface area contributed by atoms with Gasteiger partial charge in [0.2, 0.25) is 0 Å². The van der Waals surface area contributed by atoms with Crippen molar-refractivity contribution in [3.8, 4) is 5.75 Å². The number of ether oxygens (including phenoxy) is 1. The van der Waals surface area contributed by atoms with Crippen LogP contribution in [0.3, 0.4) is 0 Å². The van der Waals surface area contributed by atoms with Crippen LogP contribution in [0.4, 0.5) is 4.39 Å². The number of imidazole rings is 1. The summed E-state index contributed by atoms with van der Waals surface area (Å²) < 4.78 is 19.7. The van der Waals surface area contributed by atoms with Crippen molar-refractivity contribution in [1.82, 2.24) is 30.3 Å². The fourth-order valence-electron chi connectivity index (χ4n) is 2.93. The van der Waals surface area contributed by atoms with E-state index in [9.17, 15) is 9.18 Å². The number of nitrogens with one attached hydrogen (secondary N) is 2. The zero-order valence-electron chi connectivity index (χ0n) is 15.7. The minimum absolute atomic E-state index is 0.224. The van der Waals surface area contributed by atoms with Crippen molar-refractivity contribution in [3.63, 3.8) is 0 Å². The number of carbonyl (C=O) groups excluding carboxylic acids is 1. The van der Waals surface area contributed by atoms with Gasteiger partial charge in [0, 0.05) is 19.0 Å². The maximum Gasteiger partial charge on any atom is 0.273 e. The Morgan fingerprint density at radius 1 is 1.24 bits per heavy atom. The lowest BCUT2D eigenvalue weighted by molar-refractivity contribution is 0.0949. The molecule has 8 nitrogen and oxygen atoms in total. The Labute approximate surface area is 165 Å². The molecule has 2 heterocycles. The Morgan fingerprint density at radius 2 is 2.07 bits per heavy atom. The predicted molar refractivity (Wildman–Crippen MR) is 104 cm³/mol. The third-order valence-corrected chi connectivity index (χ3v) is 4.41. The largest absolute Gasteiger partial charge is 0.497 e. The van der Waals surface area contributed by atoms with Crippen LogP contribution >= 0.6 is 0 Å². The van der Waals surface area contributed by atoms with E-state index < -0.39 is 0 Å². The lowest BCUT2D eigenvalue weighted by atomic mass is 10.2. The van der Waals surface area contributed by atoms with E-state index in [0.29, 0.717) is 19.5 Å². The molecule has 0 saturated heterocycles. The lowest BCUT2D eigenvalue weighted by Crippen LogP contribution is -2.26. The molecule has 29 heavy (non-hydrogen) atoms. The topological polar surface area (TPSA) is 97.7 Å². The van der Waals surface area contributed by atoms with Crippen molar-refractivity contribution < 1.29 is 13.9 Å². The molecule has 4 aromatic rings. The summed E-state index contributed by atoms with van der Waals surface area (Å²) >= 11 is 0. The predicted octanol–water partition coefficient (Wildman–Crippen LogP) is 2.32. The molecule has 9 heteroatoms. The van der Waals surface area contributed by atoms with Gasteiger partial charge in [-0.15, -0.1) is 5.10 Å². The molecule has 0 aliphatic carbocycles. The maximum atomic E-state index is 13.0. The Hall–Kier alpha value is -3.75. The second-order valence-corrected chi connectivity index (χ2v) is 6.50. The van der Waals surface area contributed by atoms with Gasteiger partial charge in [0.05, 0.1) is 30.9 Å². The molecule has 1 amide bonds. The van der Waals surface area contributed by atoms with Crippen molar-refractivity contribution >= 4 is 16.9 Å². The molecule has 0 fully saturated rings. The summed E-state index contributed by atoms with van der Waals surface area (Å²) in [6.07, 6.45) is 2.11. The number of aromatic nitrogens is 5. The van der Waals surface area contributed by atoms with E-state index in [2.05, 4.69) is 25.6 Å². The van der Waals surface area contributed by atoms with Crippen molar-refractivity contribution in [2.75, 3.05) is 13.7 Å². The van der Waals surface area contributed by atoms with Gasteiger partial charge in [0.25, 0.3) is 5.91 Å². The number of hydrogen-bond acceptors (Lipinski definition) is 5. The first kappa shape index (κ1) is 18.6. The zero-order valence-corrected chi connectivity index (χ0v) is 15.7. The molecule has 0 aliphatic heterocycles. The number of H-pyrrole nitrogens is 1. The molecule has 0 radical (unpaired) electrons. The van der Waals surface area contributed by atoms with Crippen LogP contribution in [0, 0.1) is 5.82 Å². The molecule has 0 atom stereocenters. The number of benzene rings is 2. The third kappa shape index (κ3) is 4.40. The molecule has 2 aromatic carbocycles. The summed E-state index contributed by atoms with van der Waals surface area (Å²) in [6, 6.07) is 11.7. The number of halogens is 1. The van der Waals surface area contributed by atoms with Gasteiger partial charge in [-0.1, -0.05) is 17.3 Å². The van der Waals surface area contributed by atoms with E-state index in [0.717, 1.165) is 28.2 Å². The summed E-state index contributed by atoms with van der Waals surface area (Å²) in [6.45, 7) is 0.809. The minimum Gasteiger partial charge on any atom is -0.497 e. The molecule has 0 bridgehead atoms. The molecule has 0 saturated carbocycles. The Balaban J connectivity index is 1.32. The fourth-order valence-corrected chi connectivity index (χ4v) is 2.93. The summed E-state index contributed by atoms with van der Waals surface area (Å²) in [4.78, 5) is 20.0. The third-order valence-electron chi connectivity index (χ3n) is 4.41. The van der Waals surface area contributed by atoms with Crippen LogP contribution in [0.25, 0.3) is 11.0 Å². The number of hydrogen-bond donors (Lipinski definition) is 2.